The number of benzene rings is 1. The maximum absolute atomic E-state index is 6.10. The third-order valence-corrected chi connectivity index (χ3v) is 3.76. The van der Waals surface area contributed by atoms with Gasteiger partial charge in [0.15, 0.2) is 0 Å². The number of unbranched alkanes of at least 4 members (excludes halogenated alkanes) is 2. The van der Waals surface area contributed by atoms with Crippen LogP contribution in [0.2, 0.25) is 10.0 Å². The van der Waals surface area contributed by atoms with Crippen molar-refractivity contribution in [1.29, 1.82) is 0 Å². The largest absolute Gasteiger partial charge is 0.421 e. The lowest BCUT2D eigenvalue weighted by Gasteiger charge is -1.99. The standard InChI is InChI=1S/C13H13BrCl2N2O/c14-7-3-1-2-4-12-17-18-13(19-12)10-6-5-9(15)8-11(10)16/h5-6,8H,1-4,7H2. The molecular weight excluding hydrogens is 351 g/mol. The molecule has 102 valence electrons. The Hall–Kier alpha value is -0.580. The highest BCUT2D eigenvalue weighted by atomic mass is 79.9. The smallest absolute Gasteiger partial charge is 0.249 e. The molecule has 0 aliphatic heterocycles. The molecule has 0 saturated heterocycles. The van der Waals surface area contributed by atoms with Crippen LogP contribution in [0.1, 0.15) is 25.2 Å². The molecule has 2 aromatic rings. The van der Waals surface area contributed by atoms with E-state index < -0.39 is 0 Å². The zero-order chi connectivity index (χ0) is 13.7. The van der Waals surface area contributed by atoms with E-state index in [-0.39, 0.29) is 0 Å². The van der Waals surface area contributed by atoms with Gasteiger partial charge in [0.1, 0.15) is 0 Å². The van der Waals surface area contributed by atoms with Gasteiger partial charge in [-0.15, -0.1) is 10.2 Å². The lowest BCUT2D eigenvalue weighted by Crippen LogP contribution is -1.86. The molecule has 19 heavy (non-hydrogen) atoms. The van der Waals surface area contributed by atoms with Crippen molar-refractivity contribution >= 4 is 39.1 Å². The van der Waals surface area contributed by atoms with Crippen molar-refractivity contribution in [2.75, 3.05) is 5.33 Å². The first kappa shape index (κ1) is 14.8. The normalized spacial score (nSPS) is 10.9. The molecule has 0 N–H and O–H groups in total. The lowest BCUT2D eigenvalue weighted by atomic mass is 10.2. The first-order valence-electron chi connectivity index (χ1n) is 6.04. The Kier molecular flexibility index (Phi) is 5.67. The second kappa shape index (κ2) is 7.27. The van der Waals surface area contributed by atoms with Crippen LogP contribution in [-0.2, 0) is 6.42 Å². The van der Waals surface area contributed by atoms with Crippen molar-refractivity contribution < 1.29 is 4.42 Å². The summed E-state index contributed by atoms with van der Waals surface area (Å²) in [5.41, 5.74) is 0.713. The third-order valence-electron chi connectivity index (χ3n) is 2.65. The minimum Gasteiger partial charge on any atom is -0.421 e. The van der Waals surface area contributed by atoms with Crippen LogP contribution in [0.3, 0.4) is 0 Å². The van der Waals surface area contributed by atoms with Crippen LogP contribution in [0.4, 0.5) is 0 Å². The van der Waals surface area contributed by atoms with E-state index in [1.54, 1.807) is 18.2 Å². The Labute approximate surface area is 130 Å². The van der Waals surface area contributed by atoms with Gasteiger partial charge in [-0.25, -0.2) is 0 Å². The van der Waals surface area contributed by atoms with E-state index in [0.717, 1.165) is 31.0 Å². The Morgan fingerprint density at radius 3 is 2.68 bits per heavy atom. The molecule has 0 amide bonds. The molecule has 0 unspecified atom stereocenters. The summed E-state index contributed by atoms with van der Waals surface area (Å²) in [5, 5.41) is 10.2. The Morgan fingerprint density at radius 2 is 1.95 bits per heavy atom. The fraction of sp³-hybridized carbons (Fsp3) is 0.385. The number of halogens is 3. The summed E-state index contributed by atoms with van der Waals surface area (Å²) < 4.78 is 5.61. The first-order chi connectivity index (χ1) is 9.20. The highest BCUT2D eigenvalue weighted by Gasteiger charge is 2.12. The number of nitrogens with zero attached hydrogens (tertiary/aromatic N) is 2. The van der Waals surface area contributed by atoms with Gasteiger partial charge in [-0.3, -0.25) is 0 Å². The average Bonchev–Trinajstić information content (AvgIpc) is 2.83. The number of aromatic nitrogens is 2. The zero-order valence-electron chi connectivity index (χ0n) is 10.2. The number of aryl methyl sites for hydroxylation is 1. The van der Waals surface area contributed by atoms with E-state index in [1.165, 1.54) is 0 Å². The van der Waals surface area contributed by atoms with Gasteiger partial charge in [0.2, 0.25) is 11.8 Å². The number of hydrogen-bond donors (Lipinski definition) is 0. The molecule has 0 spiro atoms. The number of alkyl halides is 1. The van der Waals surface area contributed by atoms with Crippen molar-refractivity contribution in [2.45, 2.75) is 25.7 Å². The van der Waals surface area contributed by atoms with E-state index in [1.807, 2.05) is 0 Å². The molecule has 0 atom stereocenters. The van der Waals surface area contributed by atoms with E-state index in [2.05, 4.69) is 26.1 Å². The van der Waals surface area contributed by atoms with Gasteiger partial charge in [-0.2, -0.15) is 0 Å². The van der Waals surface area contributed by atoms with Crippen LogP contribution in [0, 0.1) is 0 Å². The minimum absolute atomic E-state index is 0.442. The van der Waals surface area contributed by atoms with Crippen LogP contribution in [0.5, 0.6) is 0 Å². The molecule has 1 aromatic heterocycles. The topological polar surface area (TPSA) is 38.9 Å². The van der Waals surface area contributed by atoms with Crippen LogP contribution >= 0.6 is 39.1 Å². The van der Waals surface area contributed by atoms with E-state index in [4.69, 9.17) is 27.6 Å². The summed E-state index contributed by atoms with van der Waals surface area (Å²) in [6.07, 6.45) is 4.14. The summed E-state index contributed by atoms with van der Waals surface area (Å²) in [5.74, 6) is 1.09. The highest BCUT2D eigenvalue weighted by Crippen LogP contribution is 2.29. The Balaban J connectivity index is 2.04. The molecule has 6 heteroatoms. The lowest BCUT2D eigenvalue weighted by molar-refractivity contribution is 0.492. The van der Waals surface area contributed by atoms with Gasteiger partial charge >= 0.3 is 0 Å². The maximum Gasteiger partial charge on any atom is 0.249 e. The van der Waals surface area contributed by atoms with Gasteiger partial charge in [-0.1, -0.05) is 45.6 Å². The summed E-state index contributed by atoms with van der Waals surface area (Å²) in [6.45, 7) is 0. The molecule has 0 aliphatic carbocycles. The minimum atomic E-state index is 0.442. The molecule has 0 saturated carbocycles. The highest BCUT2D eigenvalue weighted by molar-refractivity contribution is 9.09. The van der Waals surface area contributed by atoms with Gasteiger partial charge in [0, 0.05) is 16.8 Å². The van der Waals surface area contributed by atoms with Gasteiger partial charge in [0.05, 0.1) is 10.6 Å². The van der Waals surface area contributed by atoms with Gasteiger partial charge in [0.25, 0.3) is 0 Å². The van der Waals surface area contributed by atoms with Gasteiger partial charge < -0.3 is 4.42 Å². The van der Waals surface area contributed by atoms with E-state index >= 15 is 0 Å². The van der Waals surface area contributed by atoms with E-state index in [0.29, 0.717) is 27.4 Å². The van der Waals surface area contributed by atoms with Crippen molar-refractivity contribution in [2.24, 2.45) is 0 Å². The van der Waals surface area contributed by atoms with Crippen molar-refractivity contribution in [3.05, 3.63) is 34.1 Å². The van der Waals surface area contributed by atoms with Crippen LogP contribution in [-0.4, -0.2) is 15.5 Å². The fourth-order valence-corrected chi connectivity index (χ4v) is 2.56. The van der Waals surface area contributed by atoms with Crippen LogP contribution in [0.25, 0.3) is 11.5 Å². The molecule has 1 aromatic carbocycles. The SMILES string of the molecule is Clc1ccc(-c2nnc(CCCCCBr)o2)c(Cl)c1. The summed E-state index contributed by atoms with van der Waals surface area (Å²) in [4.78, 5) is 0. The van der Waals surface area contributed by atoms with Crippen LogP contribution < -0.4 is 0 Å². The van der Waals surface area contributed by atoms with Crippen LogP contribution in [0.15, 0.2) is 22.6 Å². The van der Waals surface area contributed by atoms with Crippen molar-refractivity contribution in [1.82, 2.24) is 10.2 Å². The van der Waals surface area contributed by atoms with E-state index in [9.17, 15) is 0 Å². The Morgan fingerprint density at radius 1 is 1.11 bits per heavy atom. The molecule has 2 rings (SSSR count). The second-order valence-corrected chi connectivity index (χ2v) is 5.76. The maximum atomic E-state index is 6.10. The molecule has 3 nitrogen and oxygen atoms in total. The zero-order valence-corrected chi connectivity index (χ0v) is 13.3. The first-order valence-corrected chi connectivity index (χ1v) is 7.92. The molecule has 0 aliphatic rings. The summed E-state index contributed by atoms with van der Waals surface area (Å²) in [7, 11) is 0. The van der Waals surface area contributed by atoms with Crippen molar-refractivity contribution in [3.8, 4) is 11.5 Å². The van der Waals surface area contributed by atoms with Crippen molar-refractivity contribution in [3.63, 3.8) is 0 Å². The molecule has 1 heterocycles. The summed E-state index contributed by atoms with van der Waals surface area (Å²) in [6, 6.07) is 5.20. The molecular formula is C13H13BrCl2N2O. The quantitative estimate of drug-likeness (QED) is 0.526. The van der Waals surface area contributed by atoms with Gasteiger partial charge in [-0.05, 0) is 31.0 Å². The third kappa shape index (κ3) is 4.20. The molecule has 0 fully saturated rings. The monoisotopic (exact) mass is 362 g/mol. The predicted octanol–water partition coefficient (Wildman–Crippen LogP) is 5.15. The molecule has 0 radical (unpaired) electrons. The fourth-order valence-electron chi connectivity index (χ4n) is 1.67. The Bertz CT molecular complexity index is 545. The molecule has 0 bridgehead atoms. The summed E-state index contributed by atoms with van der Waals surface area (Å²) >= 11 is 15.4. The predicted molar refractivity (Wildman–Crippen MR) is 81.1 cm³/mol. The number of rotatable bonds is 6. The number of hydrogen-bond acceptors (Lipinski definition) is 3. The second-order valence-electron chi connectivity index (χ2n) is 4.12. The average molecular weight is 364 g/mol.